The summed E-state index contributed by atoms with van der Waals surface area (Å²) in [5.41, 5.74) is 3.40. The molecule has 2 aromatic heterocycles. The van der Waals surface area contributed by atoms with Crippen LogP contribution in [0.3, 0.4) is 0 Å². The zero-order chi connectivity index (χ0) is 31.0. The van der Waals surface area contributed by atoms with Crippen LogP contribution in [0.4, 0.5) is 21.5 Å². The summed E-state index contributed by atoms with van der Waals surface area (Å²) >= 11 is 0. The summed E-state index contributed by atoms with van der Waals surface area (Å²) in [5, 5.41) is 34.2. The van der Waals surface area contributed by atoms with E-state index in [1.54, 1.807) is 19.1 Å². The number of anilines is 3. The number of nitrogens with two attached hydrogens (primary N) is 1. The largest absolute Gasteiger partial charge is 0.489 e. The molecule has 0 radical (unpaired) electrons. The Morgan fingerprint density at radius 3 is 2.44 bits per heavy atom. The van der Waals surface area contributed by atoms with Crippen LogP contribution < -0.4 is 32.5 Å². The summed E-state index contributed by atoms with van der Waals surface area (Å²) in [6.07, 6.45) is 0. The number of carbonyl (C=O) groups excluding carboxylic acids is 2. The average molecular weight is 589 g/mol. The van der Waals surface area contributed by atoms with Crippen LogP contribution >= 0.6 is 0 Å². The molecular formula is C27H21FN8O7. The van der Waals surface area contributed by atoms with Gasteiger partial charge in [0, 0.05) is 12.6 Å². The SMILES string of the molecule is C[C@H](NC(=O)c1cc(C(=O)NCc2ccc(F)c(Nc3c(N)c(=O)c3=O)c2)nc2c(O)nnn12)c1ccc(C(=O)O)cc1. The topological polar surface area (TPSA) is 231 Å². The van der Waals surface area contributed by atoms with Crippen LogP contribution in [0.2, 0.25) is 0 Å². The number of nitrogens with zero attached hydrogens (tertiary/aromatic N) is 4. The fraction of sp³-hybridized carbons (Fsp3) is 0.111. The van der Waals surface area contributed by atoms with E-state index in [4.69, 9.17) is 10.8 Å². The first kappa shape index (κ1) is 28.3. The lowest BCUT2D eigenvalue weighted by Gasteiger charge is -2.15. The molecule has 0 saturated carbocycles. The van der Waals surface area contributed by atoms with Crippen molar-refractivity contribution in [2.45, 2.75) is 19.5 Å². The maximum absolute atomic E-state index is 14.3. The van der Waals surface area contributed by atoms with Crippen molar-refractivity contribution in [2.24, 2.45) is 0 Å². The number of carboxylic acids is 1. The molecule has 15 nitrogen and oxygen atoms in total. The lowest BCUT2D eigenvalue weighted by molar-refractivity contribution is 0.0696. The third-order valence-corrected chi connectivity index (χ3v) is 6.52. The van der Waals surface area contributed by atoms with E-state index in [0.29, 0.717) is 11.1 Å². The van der Waals surface area contributed by atoms with E-state index in [1.165, 1.54) is 24.3 Å². The van der Waals surface area contributed by atoms with E-state index in [1.807, 2.05) is 0 Å². The summed E-state index contributed by atoms with van der Waals surface area (Å²) in [7, 11) is 0. The lowest BCUT2D eigenvalue weighted by Crippen LogP contribution is -2.36. The molecule has 0 saturated heterocycles. The number of aromatic nitrogens is 4. The van der Waals surface area contributed by atoms with Crippen LogP contribution in [-0.4, -0.2) is 47.8 Å². The van der Waals surface area contributed by atoms with Crippen molar-refractivity contribution in [2.75, 3.05) is 11.1 Å². The van der Waals surface area contributed by atoms with Crippen molar-refractivity contribution < 1.29 is 29.0 Å². The molecule has 2 heterocycles. The molecule has 218 valence electrons. The number of carbonyl (C=O) groups is 3. The maximum Gasteiger partial charge on any atom is 0.335 e. The van der Waals surface area contributed by atoms with Gasteiger partial charge in [-0.1, -0.05) is 28.5 Å². The van der Waals surface area contributed by atoms with Gasteiger partial charge in [-0.15, -0.1) is 0 Å². The molecular weight excluding hydrogens is 567 g/mol. The van der Waals surface area contributed by atoms with Crippen molar-refractivity contribution in [3.8, 4) is 5.88 Å². The van der Waals surface area contributed by atoms with Crippen LogP contribution in [0.15, 0.2) is 58.1 Å². The monoisotopic (exact) mass is 588 g/mol. The smallest absolute Gasteiger partial charge is 0.335 e. The quantitative estimate of drug-likeness (QED) is 0.133. The van der Waals surface area contributed by atoms with Gasteiger partial charge in [0.2, 0.25) is 5.65 Å². The molecule has 43 heavy (non-hydrogen) atoms. The van der Waals surface area contributed by atoms with Gasteiger partial charge in [-0.25, -0.2) is 14.2 Å². The van der Waals surface area contributed by atoms with Gasteiger partial charge < -0.3 is 31.9 Å². The number of hydrogen-bond acceptors (Lipinski definition) is 11. The zero-order valence-electron chi connectivity index (χ0n) is 22.1. The second-order valence-corrected chi connectivity index (χ2v) is 9.37. The Balaban J connectivity index is 1.34. The number of aromatic hydroxyl groups is 1. The minimum absolute atomic E-state index is 0.0760. The molecule has 0 bridgehead atoms. The molecule has 3 aromatic carbocycles. The van der Waals surface area contributed by atoms with Crippen molar-refractivity contribution in [3.63, 3.8) is 0 Å². The summed E-state index contributed by atoms with van der Waals surface area (Å²) < 4.78 is 15.3. The van der Waals surface area contributed by atoms with E-state index in [-0.39, 0.29) is 46.2 Å². The molecule has 5 aromatic rings. The summed E-state index contributed by atoms with van der Waals surface area (Å²) in [6.45, 7) is 1.52. The molecule has 0 aliphatic carbocycles. The number of nitrogen functional groups attached to an aromatic ring is 1. The van der Waals surface area contributed by atoms with Gasteiger partial charge >= 0.3 is 5.97 Å². The van der Waals surface area contributed by atoms with Crippen LogP contribution in [-0.2, 0) is 6.54 Å². The molecule has 1 atom stereocenters. The van der Waals surface area contributed by atoms with Crippen molar-refractivity contribution in [3.05, 3.63) is 103 Å². The molecule has 5 rings (SSSR count). The molecule has 16 heteroatoms. The number of benzene rings is 2. The number of amides is 2. The molecule has 0 aliphatic rings. The number of aromatic carboxylic acids is 1. The number of carboxylic acid groups (broad SMARTS) is 1. The molecule has 0 unspecified atom stereocenters. The normalized spacial score (nSPS) is 11.8. The van der Waals surface area contributed by atoms with E-state index in [2.05, 4.69) is 31.2 Å². The first-order chi connectivity index (χ1) is 20.4. The minimum Gasteiger partial charge on any atom is -0.489 e. The predicted octanol–water partition coefficient (Wildman–Crippen LogP) is 1.01. The number of halogens is 1. The van der Waals surface area contributed by atoms with Crippen LogP contribution in [0.5, 0.6) is 5.88 Å². The second kappa shape index (κ2) is 11.0. The van der Waals surface area contributed by atoms with Crippen molar-refractivity contribution in [1.29, 1.82) is 0 Å². The predicted molar refractivity (Wildman–Crippen MR) is 148 cm³/mol. The summed E-state index contributed by atoms with van der Waals surface area (Å²) in [6, 6.07) is 10.2. The third kappa shape index (κ3) is 5.43. The van der Waals surface area contributed by atoms with Gasteiger partial charge in [0.1, 0.15) is 28.6 Å². The highest BCUT2D eigenvalue weighted by Gasteiger charge is 2.23. The number of rotatable bonds is 9. The molecule has 7 N–H and O–H groups in total. The highest BCUT2D eigenvalue weighted by molar-refractivity contribution is 5.98. The Bertz CT molecular complexity index is 2000. The Labute approximate surface area is 239 Å². The number of nitrogens with one attached hydrogen (secondary N) is 3. The van der Waals surface area contributed by atoms with Gasteiger partial charge in [-0.3, -0.25) is 19.2 Å². The first-order valence-corrected chi connectivity index (χ1v) is 12.5. The Morgan fingerprint density at radius 1 is 1.05 bits per heavy atom. The lowest BCUT2D eigenvalue weighted by atomic mass is 10.1. The molecule has 0 spiro atoms. The summed E-state index contributed by atoms with van der Waals surface area (Å²) in [4.78, 5) is 64.4. The fourth-order valence-corrected chi connectivity index (χ4v) is 4.13. The van der Waals surface area contributed by atoms with E-state index < -0.39 is 46.4 Å². The number of fused-ring (bicyclic) bond motifs is 1. The van der Waals surface area contributed by atoms with Gasteiger partial charge in [0.25, 0.3) is 28.6 Å². The molecule has 2 amide bonds. The van der Waals surface area contributed by atoms with Crippen molar-refractivity contribution >= 4 is 40.5 Å². The highest BCUT2D eigenvalue weighted by atomic mass is 19.1. The summed E-state index contributed by atoms with van der Waals surface area (Å²) in [5.74, 6) is -3.93. The first-order valence-electron chi connectivity index (χ1n) is 12.5. The van der Waals surface area contributed by atoms with Crippen LogP contribution in [0, 0.1) is 5.82 Å². The molecule has 0 aliphatic heterocycles. The Morgan fingerprint density at radius 2 is 1.77 bits per heavy atom. The Kier molecular flexibility index (Phi) is 7.25. The number of hydrogen-bond donors (Lipinski definition) is 6. The third-order valence-electron chi connectivity index (χ3n) is 6.52. The fourth-order valence-electron chi connectivity index (χ4n) is 4.13. The zero-order valence-corrected chi connectivity index (χ0v) is 22.1. The Hall–Kier alpha value is -6.19. The van der Waals surface area contributed by atoms with Gasteiger partial charge in [0.15, 0.2) is 0 Å². The highest BCUT2D eigenvalue weighted by Crippen LogP contribution is 2.23. The van der Waals surface area contributed by atoms with E-state index in [0.717, 1.165) is 16.6 Å². The van der Waals surface area contributed by atoms with Gasteiger partial charge in [-0.2, -0.15) is 4.52 Å². The van der Waals surface area contributed by atoms with Gasteiger partial charge in [0.05, 0.1) is 17.3 Å². The van der Waals surface area contributed by atoms with Crippen LogP contribution in [0.1, 0.15) is 55.4 Å². The average Bonchev–Trinajstić information content (AvgIpc) is 3.38. The van der Waals surface area contributed by atoms with Gasteiger partial charge in [-0.05, 0) is 42.3 Å². The van der Waals surface area contributed by atoms with Crippen LogP contribution in [0.25, 0.3) is 5.65 Å². The minimum atomic E-state index is -1.10. The van der Waals surface area contributed by atoms with E-state index >= 15 is 0 Å². The van der Waals surface area contributed by atoms with E-state index in [9.17, 15) is 33.5 Å². The van der Waals surface area contributed by atoms with Crippen molar-refractivity contribution in [1.82, 2.24) is 30.4 Å². The molecule has 0 fully saturated rings. The standard InChI is InChI=1S/C27H21FN8O7/c1-11(13-3-5-14(6-4-13)27(42)43)31-25(40)18-9-17(33-23-26(41)34-35-36(18)23)24(39)30-10-12-2-7-15(28)16(8-12)32-20-19(29)21(37)22(20)38/h2-9,11,32,41H,10,29H2,1H3,(H,30,39)(H,31,40)(H,42,43)/t11-/m0/s1. The second-order valence-electron chi connectivity index (χ2n) is 9.37. The maximum atomic E-state index is 14.3.